The van der Waals surface area contributed by atoms with E-state index in [1.54, 1.807) is 30.6 Å². The fourth-order valence-corrected chi connectivity index (χ4v) is 4.09. The minimum Gasteiger partial charge on any atom is -0.366 e. The molecular weight excluding hydrogens is 372 g/mol. The summed E-state index contributed by atoms with van der Waals surface area (Å²) in [6, 6.07) is 8.60. The second-order valence-electron chi connectivity index (χ2n) is 7.37. The highest BCUT2D eigenvalue weighted by atomic mass is 16.6. The second kappa shape index (κ2) is 8.42. The third-order valence-corrected chi connectivity index (χ3v) is 5.69. The van der Waals surface area contributed by atoms with E-state index in [4.69, 9.17) is 0 Å². The lowest BCUT2D eigenvalue weighted by Gasteiger charge is -2.38. The van der Waals surface area contributed by atoms with Crippen LogP contribution in [0.1, 0.15) is 12.8 Å². The van der Waals surface area contributed by atoms with Gasteiger partial charge in [0, 0.05) is 63.6 Å². The number of piperidine rings is 1. The average molecular weight is 396 g/mol. The zero-order valence-electron chi connectivity index (χ0n) is 16.2. The van der Waals surface area contributed by atoms with Gasteiger partial charge in [-0.3, -0.25) is 14.9 Å². The topological polar surface area (TPSA) is 95.7 Å². The normalized spacial score (nSPS) is 18.0. The molecule has 0 unspecified atom stereocenters. The van der Waals surface area contributed by atoms with E-state index in [1.807, 2.05) is 15.9 Å². The fraction of sp³-hybridized carbons (Fsp3) is 0.450. The van der Waals surface area contributed by atoms with Gasteiger partial charge in [-0.25, -0.2) is 9.97 Å². The summed E-state index contributed by atoms with van der Waals surface area (Å²) in [5, 5.41) is 11.3. The molecule has 3 heterocycles. The van der Waals surface area contributed by atoms with Crippen molar-refractivity contribution in [1.29, 1.82) is 0 Å². The maximum absolute atomic E-state index is 13.0. The van der Waals surface area contributed by atoms with Crippen LogP contribution in [0.5, 0.6) is 0 Å². The molecule has 0 bridgehead atoms. The summed E-state index contributed by atoms with van der Waals surface area (Å²) < 4.78 is 0. The fourth-order valence-electron chi connectivity index (χ4n) is 4.09. The van der Waals surface area contributed by atoms with E-state index in [0.717, 1.165) is 13.1 Å². The quantitative estimate of drug-likeness (QED) is 0.576. The molecule has 152 valence electrons. The number of nitro benzene ring substituents is 1. The van der Waals surface area contributed by atoms with Crippen LogP contribution in [0.4, 0.5) is 17.3 Å². The van der Waals surface area contributed by atoms with E-state index in [0.29, 0.717) is 50.7 Å². The SMILES string of the molecule is O=C(C1CCN(c2ccccc2[N+](=O)[O-])CC1)N1CCN(c2ncccn2)CC1. The molecule has 0 aliphatic carbocycles. The van der Waals surface area contributed by atoms with Crippen molar-refractivity contribution in [2.75, 3.05) is 49.1 Å². The highest BCUT2D eigenvalue weighted by Crippen LogP contribution is 2.31. The summed E-state index contributed by atoms with van der Waals surface area (Å²) >= 11 is 0. The standard InChI is InChI=1S/C20H24N6O3/c27-19(24-12-14-25(15-13-24)20-21-8-3-9-22-20)16-6-10-23(11-7-16)17-4-1-2-5-18(17)26(28)29/h1-5,8-9,16H,6-7,10-15H2. The Balaban J connectivity index is 1.32. The first-order valence-corrected chi connectivity index (χ1v) is 9.92. The van der Waals surface area contributed by atoms with Crippen molar-refractivity contribution in [3.63, 3.8) is 0 Å². The van der Waals surface area contributed by atoms with Gasteiger partial charge in [-0.2, -0.15) is 0 Å². The average Bonchev–Trinajstić information content (AvgIpc) is 2.79. The number of anilines is 2. The highest BCUT2D eigenvalue weighted by molar-refractivity contribution is 5.79. The smallest absolute Gasteiger partial charge is 0.292 e. The number of hydrogen-bond acceptors (Lipinski definition) is 7. The Bertz CT molecular complexity index is 862. The van der Waals surface area contributed by atoms with E-state index < -0.39 is 0 Å². The Kier molecular flexibility index (Phi) is 5.55. The minimum absolute atomic E-state index is 0.0199. The predicted molar refractivity (Wildman–Crippen MR) is 109 cm³/mol. The summed E-state index contributed by atoms with van der Waals surface area (Å²) in [5.41, 5.74) is 0.761. The molecule has 0 N–H and O–H groups in total. The zero-order chi connectivity index (χ0) is 20.2. The van der Waals surface area contributed by atoms with E-state index in [2.05, 4.69) is 14.9 Å². The molecule has 0 saturated carbocycles. The lowest BCUT2D eigenvalue weighted by molar-refractivity contribution is -0.384. The van der Waals surface area contributed by atoms with Gasteiger partial charge in [-0.05, 0) is 25.0 Å². The van der Waals surface area contributed by atoms with Crippen molar-refractivity contribution in [2.24, 2.45) is 5.92 Å². The monoisotopic (exact) mass is 396 g/mol. The molecule has 0 radical (unpaired) electrons. The molecule has 9 heteroatoms. The van der Waals surface area contributed by atoms with E-state index in [1.165, 1.54) is 6.07 Å². The summed E-state index contributed by atoms with van der Waals surface area (Å²) in [4.78, 5) is 38.5. The van der Waals surface area contributed by atoms with Gasteiger partial charge in [0.25, 0.3) is 5.69 Å². The number of rotatable bonds is 4. The number of nitrogens with zero attached hydrogens (tertiary/aromatic N) is 6. The number of nitro groups is 1. The molecule has 2 aliphatic heterocycles. The third-order valence-electron chi connectivity index (χ3n) is 5.69. The molecule has 2 saturated heterocycles. The van der Waals surface area contributed by atoms with Crippen LogP contribution < -0.4 is 9.80 Å². The minimum atomic E-state index is -0.345. The van der Waals surface area contributed by atoms with Crippen molar-refractivity contribution in [3.8, 4) is 0 Å². The lowest BCUT2D eigenvalue weighted by atomic mass is 9.94. The van der Waals surface area contributed by atoms with E-state index in [-0.39, 0.29) is 22.4 Å². The number of amides is 1. The van der Waals surface area contributed by atoms with Crippen LogP contribution in [0.25, 0.3) is 0 Å². The van der Waals surface area contributed by atoms with Gasteiger partial charge in [-0.1, -0.05) is 12.1 Å². The number of aromatic nitrogens is 2. The molecule has 1 aromatic heterocycles. The summed E-state index contributed by atoms with van der Waals surface area (Å²) in [6.07, 6.45) is 4.88. The molecule has 2 aromatic rings. The second-order valence-corrected chi connectivity index (χ2v) is 7.37. The van der Waals surface area contributed by atoms with Gasteiger partial charge >= 0.3 is 0 Å². The van der Waals surface area contributed by atoms with Gasteiger partial charge < -0.3 is 14.7 Å². The van der Waals surface area contributed by atoms with Gasteiger partial charge in [0.15, 0.2) is 0 Å². The van der Waals surface area contributed by atoms with Crippen LogP contribution in [-0.4, -0.2) is 65.0 Å². The summed E-state index contributed by atoms with van der Waals surface area (Å²) in [6.45, 7) is 4.09. The molecule has 0 atom stereocenters. The van der Waals surface area contributed by atoms with Gasteiger partial charge in [0.05, 0.1) is 4.92 Å². The van der Waals surface area contributed by atoms with Crippen molar-refractivity contribution in [3.05, 3.63) is 52.8 Å². The number of carbonyl (C=O) groups is 1. The van der Waals surface area contributed by atoms with Crippen LogP contribution in [0.2, 0.25) is 0 Å². The van der Waals surface area contributed by atoms with Crippen LogP contribution in [0, 0.1) is 16.0 Å². The Hall–Kier alpha value is -3.23. The number of carbonyl (C=O) groups excluding carboxylic acids is 1. The number of para-hydroxylation sites is 2. The molecular formula is C20H24N6O3. The zero-order valence-corrected chi connectivity index (χ0v) is 16.2. The van der Waals surface area contributed by atoms with Crippen LogP contribution in [0.3, 0.4) is 0 Å². The van der Waals surface area contributed by atoms with E-state index in [9.17, 15) is 14.9 Å². The molecule has 0 spiro atoms. The predicted octanol–water partition coefficient (Wildman–Crippen LogP) is 1.95. The first kappa shape index (κ1) is 19.1. The maximum atomic E-state index is 13.0. The van der Waals surface area contributed by atoms with Crippen molar-refractivity contribution >= 4 is 23.2 Å². The first-order chi connectivity index (χ1) is 14.1. The number of benzene rings is 1. The van der Waals surface area contributed by atoms with Gasteiger partial charge in [0.1, 0.15) is 5.69 Å². The Morgan fingerprint density at radius 1 is 0.931 bits per heavy atom. The molecule has 1 amide bonds. The van der Waals surface area contributed by atoms with Crippen LogP contribution in [-0.2, 0) is 4.79 Å². The molecule has 9 nitrogen and oxygen atoms in total. The number of piperazine rings is 1. The van der Waals surface area contributed by atoms with Crippen LogP contribution >= 0.6 is 0 Å². The Morgan fingerprint density at radius 2 is 1.59 bits per heavy atom. The first-order valence-electron chi connectivity index (χ1n) is 9.92. The lowest BCUT2D eigenvalue weighted by Crippen LogP contribution is -2.52. The molecule has 29 heavy (non-hydrogen) atoms. The maximum Gasteiger partial charge on any atom is 0.292 e. The van der Waals surface area contributed by atoms with Gasteiger partial charge in [0.2, 0.25) is 11.9 Å². The molecule has 1 aromatic carbocycles. The van der Waals surface area contributed by atoms with E-state index >= 15 is 0 Å². The third kappa shape index (κ3) is 4.13. The molecule has 2 aliphatic rings. The Morgan fingerprint density at radius 3 is 2.24 bits per heavy atom. The Labute approximate surface area is 169 Å². The van der Waals surface area contributed by atoms with Crippen molar-refractivity contribution < 1.29 is 9.72 Å². The molecule has 4 rings (SSSR count). The highest BCUT2D eigenvalue weighted by Gasteiger charge is 2.32. The van der Waals surface area contributed by atoms with Gasteiger partial charge in [-0.15, -0.1) is 0 Å². The summed E-state index contributed by atoms with van der Waals surface area (Å²) in [5.74, 6) is 0.881. The van der Waals surface area contributed by atoms with Crippen LogP contribution in [0.15, 0.2) is 42.7 Å². The number of hydrogen-bond donors (Lipinski definition) is 0. The molecule has 2 fully saturated rings. The largest absolute Gasteiger partial charge is 0.366 e. The van der Waals surface area contributed by atoms with Crippen molar-refractivity contribution in [2.45, 2.75) is 12.8 Å². The van der Waals surface area contributed by atoms with Crippen molar-refractivity contribution in [1.82, 2.24) is 14.9 Å². The summed E-state index contributed by atoms with van der Waals surface area (Å²) in [7, 11) is 0.